The van der Waals surface area contributed by atoms with Crippen molar-refractivity contribution >= 4 is 43.9 Å². The highest BCUT2D eigenvalue weighted by Gasteiger charge is 2.28. The number of fused-ring (bicyclic) bond motifs is 1. The van der Waals surface area contributed by atoms with E-state index in [1.165, 1.54) is 22.7 Å². The Balaban J connectivity index is 1.43. The van der Waals surface area contributed by atoms with Crippen LogP contribution < -0.4 is 10.1 Å². The van der Waals surface area contributed by atoms with Gasteiger partial charge in [0.1, 0.15) is 16.4 Å². The lowest BCUT2D eigenvalue weighted by Crippen LogP contribution is -2.11. The summed E-state index contributed by atoms with van der Waals surface area (Å²) in [5, 5.41) is 4.57. The number of aryl methyl sites for hydroxylation is 3. The normalized spacial score (nSPS) is 13.5. The number of rotatable bonds is 5. The first kappa shape index (κ1) is 20.1. The molecule has 158 valence electrons. The largest absolute Gasteiger partial charge is 0.497 e. The predicted molar refractivity (Wildman–Crippen MR) is 126 cm³/mol. The smallest absolute Gasteiger partial charge is 0.267 e. The topological polar surface area (TPSA) is 77.0 Å². The van der Waals surface area contributed by atoms with E-state index in [4.69, 9.17) is 9.72 Å². The molecule has 6 nitrogen and oxygen atoms in total. The van der Waals surface area contributed by atoms with E-state index in [9.17, 15) is 4.79 Å². The van der Waals surface area contributed by atoms with Gasteiger partial charge < -0.3 is 4.74 Å². The van der Waals surface area contributed by atoms with E-state index < -0.39 is 0 Å². The third-order valence-electron chi connectivity index (χ3n) is 5.52. The Kier molecular flexibility index (Phi) is 4.98. The second-order valence-electron chi connectivity index (χ2n) is 7.78. The van der Waals surface area contributed by atoms with E-state index in [0.717, 1.165) is 62.0 Å². The number of carbonyl (C=O) groups excluding carboxylic acids is 1. The molecule has 1 saturated carbocycles. The minimum atomic E-state index is -0.150. The van der Waals surface area contributed by atoms with Crippen molar-refractivity contribution in [2.24, 2.45) is 0 Å². The molecule has 1 aromatic carbocycles. The molecule has 8 heteroatoms. The van der Waals surface area contributed by atoms with Gasteiger partial charge in [-0.25, -0.2) is 15.0 Å². The number of thiophene rings is 1. The summed E-state index contributed by atoms with van der Waals surface area (Å²) in [5.74, 6) is 2.05. The number of benzene rings is 1. The molecule has 1 amide bonds. The van der Waals surface area contributed by atoms with Gasteiger partial charge in [-0.3, -0.25) is 10.1 Å². The van der Waals surface area contributed by atoms with Gasteiger partial charge >= 0.3 is 0 Å². The fourth-order valence-electron chi connectivity index (χ4n) is 3.72. The molecule has 1 fully saturated rings. The number of hydrogen-bond acceptors (Lipinski definition) is 7. The van der Waals surface area contributed by atoms with Crippen LogP contribution in [0.4, 0.5) is 5.13 Å². The maximum atomic E-state index is 13.1. The molecule has 0 spiro atoms. The first-order valence-electron chi connectivity index (χ1n) is 10.2. The Labute approximate surface area is 188 Å². The number of hydrogen-bond donors (Lipinski definition) is 1. The Morgan fingerprint density at radius 2 is 1.81 bits per heavy atom. The van der Waals surface area contributed by atoms with Crippen LogP contribution in [-0.4, -0.2) is 28.0 Å². The zero-order chi connectivity index (χ0) is 21.7. The molecule has 1 N–H and O–H groups in total. The molecule has 5 rings (SSSR count). The van der Waals surface area contributed by atoms with Crippen LogP contribution in [0.1, 0.15) is 50.4 Å². The average molecular weight is 451 g/mol. The summed E-state index contributed by atoms with van der Waals surface area (Å²) in [5.41, 5.74) is 3.74. The summed E-state index contributed by atoms with van der Waals surface area (Å²) in [4.78, 5) is 29.8. The Morgan fingerprint density at radius 3 is 2.48 bits per heavy atom. The SMILES string of the molecule is COc1ccc(-c2nc(NC(=O)c3sc4nc(C5CC5)nc(C)c4c3C)sc2C)cc1. The van der Waals surface area contributed by atoms with E-state index in [0.29, 0.717) is 15.9 Å². The number of ether oxygens (including phenoxy) is 1. The molecule has 0 aliphatic heterocycles. The van der Waals surface area contributed by atoms with Crippen molar-refractivity contribution in [3.63, 3.8) is 0 Å². The van der Waals surface area contributed by atoms with Crippen LogP contribution in [-0.2, 0) is 0 Å². The molecule has 0 bridgehead atoms. The van der Waals surface area contributed by atoms with Crippen LogP contribution >= 0.6 is 22.7 Å². The average Bonchev–Trinajstić information content (AvgIpc) is 3.47. The van der Waals surface area contributed by atoms with Crippen molar-refractivity contribution < 1.29 is 9.53 Å². The number of amides is 1. The Bertz CT molecular complexity index is 1300. The van der Waals surface area contributed by atoms with E-state index in [1.54, 1.807) is 7.11 Å². The molecule has 3 heterocycles. The van der Waals surface area contributed by atoms with E-state index >= 15 is 0 Å². The zero-order valence-electron chi connectivity index (χ0n) is 17.8. The summed E-state index contributed by atoms with van der Waals surface area (Å²) >= 11 is 2.91. The number of aromatic nitrogens is 3. The van der Waals surface area contributed by atoms with E-state index in [2.05, 4.69) is 15.3 Å². The highest BCUT2D eigenvalue weighted by molar-refractivity contribution is 7.21. The van der Waals surface area contributed by atoms with E-state index in [-0.39, 0.29) is 5.91 Å². The number of anilines is 1. The van der Waals surface area contributed by atoms with Gasteiger partial charge in [-0.1, -0.05) is 0 Å². The number of nitrogens with one attached hydrogen (secondary N) is 1. The fraction of sp³-hybridized carbons (Fsp3) is 0.304. The number of carbonyl (C=O) groups is 1. The van der Waals surface area contributed by atoms with Gasteiger partial charge in [0, 0.05) is 21.7 Å². The van der Waals surface area contributed by atoms with Gasteiger partial charge in [-0.2, -0.15) is 0 Å². The first-order valence-corrected chi connectivity index (χ1v) is 11.8. The predicted octanol–water partition coefficient (Wildman–Crippen LogP) is 5.88. The molecule has 0 saturated heterocycles. The molecule has 4 aromatic rings. The molecule has 0 atom stereocenters. The van der Waals surface area contributed by atoms with Crippen molar-refractivity contribution in [2.75, 3.05) is 12.4 Å². The van der Waals surface area contributed by atoms with Crippen LogP contribution in [0.5, 0.6) is 5.75 Å². The van der Waals surface area contributed by atoms with Crippen LogP contribution in [0.25, 0.3) is 21.5 Å². The molecular formula is C23H22N4O2S2. The van der Waals surface area contributed by atoms with Crippen LogP contribution in [0.15, 0.2) is 24.3 Å². The van der Waals surface area contributed by atoms with Crippen molar-refractivity contribution in [3.8, 4) is 17.0 Å². The van der Waals surface area contributed by atoms with Gasteiger partial charge in [-0.15, -0.1) is 22.7 Å². The summed E-state index contributed by atoms with van der Waals surface area (Å²) in [6.07, 6.45) is 2.31. The first-order chi connectivity index (χ1) is 14.9. The zero-order valence-corrected chi connectivity index (χ0v) is 19.4. The summed E-state index contributed by atoms with van der Waals surface area (Å²) in [6.45, 7) is 5.98. The molecule has 31 heavy (non-hydrogen) atoms. The van der Waals surface area contributed by atoms with Crippen molar-refractivity contribution in [1.82, 2.24) is 15.0 Å². The summed E-state index contributed by atoms with van der Waals surface area (Å²) < 4.78 is 5.23. The van der Waals surface area contributed by atoms with Crippen LogP contribution in [0, 0.1) is 20.8 Å². The standard InChI is InChI=1S/C23H22N4O2S2/c1-11-17-12(2)24-20(15-5-6-15)26-22(17)31-19(11)21(28)27-23-25-18(13(3)30-23)14-7-9-16(29-4)10-8-14/h7-10,15H,5-6H2,1-4H3,(H,25,27,28). The minimum absolute atomic E-state index is 0.150. The van der Waals surface area contributed by atoms with E-state index in [1.807, 2.05) is 45.0 Å². The van der Waals surface area contributed by atoms with Crippen molar-refractivity contribution in [3.05, 3.63) is 51.1 Å². The van der Waals surface area contributed by atoms with Gasteiger partial charge in [0.15, 0.2) is 5.13 Å². The van der Waals surface area contributed by atoms with Crippen LogP contribution in [0.3, 0.4) is 0 Å². The molecule has 0 unspecified atom stereocenters. The molecule has 1 aliphatic carbocycles. The number of thiazole rings is 1. The van der Waals surface area contributed by atoms with Gasteiger partial charge in [-0.05, 0) is 63.4 Å². The highest BCUT2D eigenvalue weighted by Crippen LogP contribution is 2.40. The fourth-order valence-corrected chi connectivity index (χ4v) is 5.69. The second kappa shape index (κ2) is 7.69. The minimum Gasteiger partial charge on any atom is -0.497 e. The van der Waals surface area contributed by atoms with Crippen LogP contribution in [0.2, 0.25) is 0 Å². The third kappa shape index (κ3) is 3.70. The second-order valence-corrected chi connectivity index (χ2v) is 9.99. The maximum Gasteiger partial charge on any atom is 0.267 e. The third-order valence-corrected chi connectivity index (χ3v) is 7.59. The monoisotopic (exact) mass is 450 g/mol. The molecular weight excluding hydrogens is 428 g/mol. The van der Waals surface area contributed by atoms with Gasteiger partial charge in [0.25, 0.3) is 5.91 Å². The lowest BCUT2D eigenvalue weighted by atomic mass is 10.1. The van der Waals surface area contributed by atoms with Crippen molar-refractivity contribution in [2.45, 2.75) is 39.5 Å². The lowest BCUT2D eigenvalue weighted by Gasteiger charge is -2.02. The molecule has 1 aliphatic rings. The highest BCUT2D eigenvalue weighted by atomic mass is 32.1. The molecule has 0 radical (unpaired) electrons. The Morgan fingerprint density at radius 1 is 1.06 bits per heavy atom. The Hall–Kier alpha value is -2.84. The summed E-state index contributed by atoms with van der Waals surface area (Å²) in [7, 11) is 1.65. The van der Waals surface area contributed by atoms with Crippen molar-refractivity contribution in [1.29, 1.82) is 0 Å². The quantitative estimate of drug-likeness (QED) is 0.411. The number of methoxy groups -OCH3 is 1. The van der Waals surface area contributed by atoms with Gasteiger partial charge in [0.2, 0.25) is 0 Å². The maximum absolute atomic E-state index is 13.1. The summed E-state index contributed by atoms with van der Waals surface area (Å²) in [6, 6.07) is 7.77. The lowest BCUT2D eigenvalue weighted by molar-refractivity contribution is 0.103. The molecule has 3 aromatic heterocycles. The van der Waals surface area contributed by atoms with Gasteiger partial charge in [0.05, 0.1) is 23.4 Å². The number of nitrogens with zero attached hydrogens (tertiary/aromatic N) is 3.